The van der Waals surface area contributed by atoms with E-state index in [0.29, 0.717) is 11.0 Å². The van der Waals surface area contributed by atoms with Gasteiger partial charge in [-0.2, -0.15) is 5.10 Å². The highest BCUT2D eigenvalue weighted by molar-refractivity contribution is 9.10. The summed E-state index contributed by atoms with van der Waals surface area (Å²) >= 11 is 3.38. The van der Waals surface area contributed by atoms with Gasteiger partial charge in [-0.1, -0.05) is 0 Å². The van der Waals surface area contributed by atoms with E-state index in [0.717, 1.165) is 18.8 Å². The molecule has 0 aliphatic carbocycles. The molecule has 0 aromatic carbocycles. The highest BCUT2D eigenvalue weighted by Crippen LogP contribution is 2.18. The zero-order valence-electron chi connectivity index (χ0n) is 13.8. The molecular formula is C14H26BrN5O. The van der Waals surface area contributed by atoms with Gasteiger partial charge in [-0.15, -0.1) is 0 Å². The number of anilines is 1. The van der Waals surface area contributed by atoms with Crippen LogP contribution in [0.15, 0.2) is 15.5 Å². The second kappa shape index (κ2) is 7.38. The fraction of sp³-hybridized carbons (Fsp3) is 0.714. The minimum Gasteiger partial charge on any atom is -0.381 e. The molecule has 120 valence electrons. The fourth-order valence-corrected chi connectivity index (χ4v) is 1.96. The Morgan fingerprint density at radius 1 is 1.33 bits per heavy atom. The van der Waals surface area contributed by atoms with Gasteiger partial charge < -0.3 is 15.1 Å². The van der Waals surface area contributed by atoms with Crippen molar-refractivity contribution in [1.29, 1.82) is 0 Å². The van der Waals surface area contributed by atoms with Gasteiger partial charge >= 0.3 is 0 Å². The van der Waals surface area contributed by atoms with E-state index >= 15 is 0 Å². The lowest BCUT2D eigenvalue weighted by Crippen LogP contribution is -2.44. The monoisotopic (exact) mass is 359 g/mol. The van der Waals surface area contributed by atoms with Crippen molar-refractivity contribution >= 4 is 21.6 Å². The Balaban J connectivity index is 2.83. The van der Waals surface area contributed by atoms with Gasteiger partial charge in [0.1, 0.15) is 4.47 Å². The molecule has 1 aromatic rings. The molecule has 0 radical (unpaired) electrons. The van der Waals surface area contributed by atoms with E-state index in [2.05, 4.69) is 45.1 Å². The first-order valence-electron chi connectivity index (χ1n) is 6.97. The van der Waals surface area contributed by atoms with Crippen LogP contribution in [0.2, 0.25) is 0 Å². The summed E-state index contributed by atoms with van der Waals surface area (Å²) in [5, 5.41) is 7.52. The summed E-state index contributed by atoms with van der Waals surface area (Å²) in [6.45, 7) is 6.36. The quantitative estimate of drug-likeness (QED) is 0.795. The number of hydrogen-bond acceptors (Lipinski definition) is 5. The molecule has 1 N–H and O–H groups in total. The highest BCUT2D eigenvalue weighted by atomic mass is 79.9. The average molecular weight is 360 g/mol. The van der Waals surface area contributed by atoms with Crippen molar-refractivity contribution < 1.29 is 0 Å². The standard InChI is InChI=1S/C14H26BrN5O/c1-14(2,19(5)6)10-16-11-9-17-20(8-7-18(3)4)13(21)12(11)15/h9,16H,7-8,10H2,1-6H3. The first kappa shape index (κ1) is 18.1. The molecule has 0 aliphatic rings. The molecule has 0 unspecified atom stereocenters. The molecule has 21 heavy (non-hydrogen) atoms. The lowest BCUT2D eigenvalue weighted by molar-refractivity contribution is 0.210. The van der Waals surface area contributed by atoms with E-state index in [4.69, 9.17) is 0 Å². The Labute approximate surface area is 135 Å². The summed E-state index contributed by atoms with van der Waals surface area (Å²) in [6.07, 6.45) is 1.70. The second-order valence-corrected chi connectivity index (χ2v) is 7.06. The fourth-order valence-electron chi connectivity index (χ4n) is 1.51. The molecule has 6 nitrogen and oxygen atoms in total. The number of aromatic nitrogens is 2. The van der Waals surface area contributed by atoms with Crippen LogP contribution in [-0.2, 0) is 6.54 Å². The molecule has 0 atom stereocenters. The number of halogens is 1. The first-order chi connectivity index (χ1) is 9.65. The van der Waals surface area contributed by atoms with E-state index in [9.17, 15) is 4.79 Å². The molecule has 1 rings (SSSR count). The van der Waals surface area contributed by atoms with E-state index in [1.54, 1.807) is 6.20 Å². The smallest absolute Gasteiger partial charge is 0.283 e. The molecule has 1 heterocycles. The molecule has 0 amide bonds. The molecule has 0 spiro atoms. The van der Waals surface area contributed by atoms with Crippen LogP contribution < -0.4 is 10.9 Å². The maximum absolute atomic E-state index is 12.2. The van der Waals surface area contributed by atoms with Crippen molar-refractivity contribution in [2.24, 2.45) is 0 Å². The maximum atomic E-state index is 12.2. The van der Waals surface area contributed by atoms with Crippen molar-refractivity contribution in [1.82, 2.24) is 19.6 Å². The highest BCUT2D eigenvalue weighted by Gasteiger charge is 2.20. The molecule has 0 bridgehead atoms. The SMILES string of the molecule is CN(C)CCn1ncc(NCC(C)(C)N(C)C)c(Br)c1=O. The van der Waals surface area contributed by atoms with Crippen LogP contribution in [0.4, 0.5) is 5.69 Å². The van der Waals surface area contributed by atoms with Crippen LogP contribution in [0.3, 0.4) is 0 Å². The van der Waals surface area contributed by atoms with Crippen molar-refractivity contribution in [3.8, 4) is 0 Å². The van der Waals surface area contributed by atoms with Gasteiger partial charge in [0.2, 0.25) is 0 Å². The molecule has 7 heteroatoms. The molecule has 0 aliphatic heterocycles. The summed E-state index contributed by atoms with van der Waals surface area (Å²) in [7, 11) is 8.01. The lowest BCUT2D eigenvalue weighted by atomic mass is 10.0. The molecule has 0 saturated carbocycles. The third kappa shape index (κ3) is 5.09. The van der Waals surface area contributed by atoms with E-state index in [-0.39, 0.29) is 11.1 Å². The summed E-state index contributed by atoms with van der Waals surface area (Å²) in [4.78, 5) is 16.4. The Morgan fingerprint density at radius 3 is 2.48 bits per heavy atom. The Morgan fingerprint density at radius 2 is 1.95 bits per heavy atom. The average Bonchev–Trinajstić information content (AvgIpc) is 2.39. The number of hydrogen-bond donors (Lipinski definition) is 1. The third-order valence-electron chi connectivity index (χ3n) is 3.67. The summed E-state index contributed by atoms with van der Waals surface area (Å²) in [5.74, 6) is 0. The third-order valence-corrected chi connectivity index (χ3v) is 4.43. The Hall–Kier alpha value is -0.920. The predicted molar refractivity (Wildman–Crippen MR) is 91.0 cm³/mol. The summed E-state index contributed by atoms with van der Waals surface area (Å²) in [6, 6.07) is 0. The van der Waals surface area contributed by atoms with Crippen LogP contribution in [0.1, 0.15) is 13.8 Å². The number of nitrogens with zero attached hydrogens (tertiary/aromatic N) is 4. The van der Waals surface area contributed by atoms with Crippen molar-refractivity contribution in [2.45, 2.75) is 25.9 Å². The van der Waals surface area contributed by atoms with Crippen LogP contribution in [-0.4, -0.2) is 66.4 Å². The normalized spacial score (nSPS) is 12.2. The first-order valence-corrected chi connectivity index (χ1v) is 7.76. The van der Waals surface area contributed by atoms with Crippen molar-refractivity contribution in [3.05, 3.63) is 21.0 Å². The topological polar surface area (TPSA) is 53.4 Å². The van der Waals surface area contributed by atoms with Crippen molar-refractivity contribution in [2.75, 3.05) is 46.6 Å². The number of nitrogens with one attached hydrogen (secondary N) is 1. The molecule has 1 aromatic heterocycles. The molecule has 0 fully saturated rings. The van der Waals surface area contributed by atoms with Crippen molar-refractivity contribution in [3.63, 3.8) is 0 Å². The molecular weight excluding hydrogens is 334 g/mol. The summed E-state index contributed by atoms with van der Waals surface area (Å²) in [5.41, 5.74) is 0.611. The zero-order valence-corrected chi connectivity index (χ0v) is 15.4. The zero-order chi connectivity index (χ0) is 16.2. The van der Waals surface area contributed by atoms with Gasteiger partial charge in [-0.3, -0.25) is 4.79 Å². The Kier molecular flexibility index (Phi) is 6.37. The van der Waals surface area contributed by atoms with Gasteiger partial charge in [0.25, 0.3) is 5.56 Å². The van der Waals surface area contributed by atoms with Gasteiger partial charge in [-0.05, 0) is 58.0 Å². The number of likely N-dealkylation sites (N-methyl/N-ethyl adjacent to an activating group) is 2. The van der Waals surface area contributed by atoms with Gasteiger partial charge in [0, 0.05) is 18.6 Å². The van der Waals surface area contributed by atoms with E-state index in [1.165, 1.54) is 4.68 Å². The van der Waals surface area contributed by atoms with Crippen LogP contribution in [0.25, 0.3) is 0 Å². The minimum absolute atomic E-state index is 0.0147. The minimum atomic E-state index is -0.107. The van der Waals surface area contributed by atoms with Crippen LogP contribution >= 0.6 is 15.9 Å². The summed E-state index contributed by atoms with van der Waals surface area (Å²) < 4.78 is 2.01. The Bertz CT molecular complexity index is 525. The lowest BCUT2D eigenvalue weighted by Gasteiger charge is -2.33. The van der Waals surface area contributed by atoms with Gasteiger partial charge in [-0.25, -0.2) is 4.68 Å². The molecule has 0 saturated heterocycles. The van der Waals surface area contributed by atoms with Crippen LogP contribution in [0.5, 0.6) is 0 Å². The van der Waals surface area contributed by atoms with E-state index < -0.39 is 0 Å². The number of rotatable bonds is 7. The van der Waals surface area contributed by atoms with Gasteiger partial charge in [0.05, 0.1) is 18.4 Å². The van der Waals surface area contributed by atoms with Crippen LogP contribution in [0, 0.1) is 0 Å². The van der Waals surface area contributed by atoms with Gasteiger partial charge in [0.15, 0.2) is 0 Å². The maximum Gasteiger partial charge on any atom is 0.283 e. The predicted octanol–water partition coefficient (Wildman–Crippen LogP) is 1.32. The van der Waals surface area contributed by atoms with E-state index in [1.807, 2.05) is 33.1 Å². The largest absolute Gasteiger partial charge is 0.381 e. The second-order valence-electron chi connectivity index (χ2n) is 6.26.